The van der Waals surface area contributed by atoms with E-state index in [-0.39, 0.29) is 4.87 Å². The predicted octanol–water partition coefficient (Wildman–Crippen LogP) is 1.44. The van der Waals surface area contributed by atoms with Crippen molar-refractivity contribution < 1.29 is 0 Å². The maximum absolute atomic E-state index is 10.8. The largest absolute Gasteiger partial charge is 0.349 e. The smallest absolute Gasteiger partial charge is 0.304 e. The van der Waals surface area contributed by atoms with Gasteiger partial charge in [0.1, 0.15) is 0 Å². The number of thiazole rings is 1. The Kier molecular flexibility index (Phi) is 3.31. The van der Waals surface area contributed by atoms with Gasteiger partial charge in [0.25, 0.3) is 0 Å². The average Bonchev–Trinajstić information content (AvgIpc) is 2.64. The van der Waals surface area contributed by atoms with Crippen LogP contribution < -0.4 is 10.2 Å². The number of hydrogen-bond donors (Lipinski definition) is 2. The number of nitrogens with one attached hydrogen (secondary N) is 2. The number of hydrogen-bond acceptors (Lipinski definition) is 5. The topological polar surface area (TPSA) is 70.7 Å². The Morgan fingerprint density at radius 3 is 2.80 bits per heavy atom. The molecule has 0 amide bonds. The molecule has 2 rings (SSSR count). The zero-order valence-corrected chi connectivity index (χ0v) is 10.5. The van der Waals surface area contributed by atoms with Crippen molar-refractivity contribution in [2.24, 2.45) is 0 Å². The second kappa shape index (κ2) is 4.71. The molecule has 2 aromatic rings. The molecule has 0 saturated heterocycles. The molecule has 2 N–H and O–H groups in total. The van der Waals surface area contributed by atoms with Crippen molar-refractivity contribution in [3.63, 3.8) is 0 Å². The molecule has 0 aliphatic carbocycles. The molecule has 2 heterocycles. The van der Waals surface area contributed by atoms with Crippen molar-refractivity contribution in [2.45, 2.75) is 6.54 Å². The van der Waals surface area contributed by atoms with E-state index in [4.69, 9.17) is 0 Å². The zero-order chi connectivity index (χ0) is 10.7. The number of rotatable bonds is 3. The first kappa shape index (κ1) is 10.6. The monoisotopic (exact) mass is 334 g/mol. The first-order chi connectivity index (χ1) is 7.24. The summed E-state index contributed by atoms with van der Waals surface area (Å²) in [4.78, 5) is 21.7. The molecule has 0 aliphatic rings. The van der Waals surface area contributed by atoms with Crippen LogP contribution in [0, 0.1) is 3.57 Å². The summed E-state index contributed by atoms with van der Waals surface area (Å²) >= 11 is 3.29. The Labute approximate surface area is 103 Å². The van der Waals surface area contributed by atoms with Crippen LogP contribution in [0.2, 0.25) is 0 Å². The lowest BCUT2D eigenvalue weighted by Gasteiger charge is -2.01. The molecule has 0 unspecified atom stereocenters. The summed E-state index contributed by atoms with van der Waals surface area (Å²) in [5.41, 5.74) is 0.840. The number of aromatic nitrogens is 3. The molecule has 0 spiro atoms. The van der Waals surface area contributed by atoms with Crippen LogP contribution in [0.4, 0.5) is 5.95 Å². The van der Waals surface area contributed by atoms with Gasteiger partial charge in [0, 0.05) is 27.0 Å². The number of nitrogens with zero attached hydrogens (tertiary/aromatic N) is 2. The summed E-state index contributed by atoms with van der Waals surface area (Å²) in [5.74, 6) is 0.558. The molecular formula is C8H7IN4OS. The summed E-state index contributed by atoms with van der Waals surface area (Å²) in [6, 6.07) is 0. The average molecular weight is 334 g/mol. The van der Waals surface area contributed by atoms with Gasteiger partial charge in [-0.3, -0.25) is 4.79 Å². The van der Waals surface area contributed by atoms with Gasteiger partial charge in [0.05, 0.1) is 6.54 Å². The number of anilines is 1. The van der Waals surface area contributed by atoms with Crippen molar-refractivity contribution in [3.05, 3.63) is 36.7 Å². The number of H-pyrrole nitrogens is 1. The summed E-state index contributed by atoms with van der Waals surface area (Å²) in [6.07, 6.45) is 3.46. The van der Waals surface area contributed by atoms with Crippen LogP contribution in [0.25, 0.3) is 0 Å². The van der Waals surface area contributed by atoms with E-state index in [0.29, 0.717) is 12.5 Å². The van der Waals surface area contributed by atoms with Gasteiger partial charge in [-0.2, -0.15) is 0 Å². The molecule has 15 heavy (non-hydrogen) atoms. The zero-order valence-electron chi connectivity index (χ0n) is 7.53. The Morgan fingerprint density at radius 1 is 1.47 bits per heavy atom. The third-order valence-electron chi connectivity index (χ3n) is 1.63. The Bertz CT molecular complexity index is 492. The van der Waals surface area contributed by atoms with Crippen LogP contribution in [0.15, 0.2) is 22.6 Å². The maximum atomic E-state index is 10.8. The van der Waals surface area contributed by atoms with E-state index in [0.717, 1.165) is 20.6 Å². The molecule has 0 bridgehead atoms. The molecule has 2 aromatic heterocycles. The van der Waals surface area contributed by atoms with Crippen LogP contribution in [-0.4, -0.2) is 15.0 Å². The van der Waals surface area contributed by atoms with Crippen LogP contribution in [0.1, 0.15) is 5.69 Å². The molecule has 7 heteroatoms. The third-order valence-corrected chi connectivity index (χ3v) is 2.90. The second-order valence-electron chi connectivity index (χ2n) is 2.75. The maximum Gasteiger partial charge on any atom is 0.304 e. The molecule has 0 aliphatic heterocycles. The molecule has 0 saturated carbocycles. The van der Waals surface area contributed by atoms with E-state index in [2.05, 4.69) is 42.9 Å². The standard InChI is InChI=1S/C8H7IN4OS/c9-5-1-10-7(11-2-5)12-3-6-4-15-8(14)13-6/h1-2,4H,3H2,(H,13,14)(H,10,11,12). The summed E-state index contributed by atoms with van der Waals surface area (Å²) in [6.45, 7) is 0.527. The van der Waals surface area contributed by atoms with Gasteiger partial charge >= 0.3 is 4.87 Å². The lowest BCUT2D eigenvalue weighted by molar-refractivity contribution is 1.01. The van der Waals surface area contributed by atoms with Crippen LogP contribution in [0.5, 0.6) is 0 Å². The van der Waals surface area contributed by atoms with Crippen LogP contribution in [0.3, 0.4) is 0 Å². The minimum absolute atomic E-state index is 0.0460. The molecule has 0 radical (unpaired) electrons. The molecule has 0 fully saturated rings. The fourth-order valence-corrected chi connectivity index (χ4v) is 1.84. The van der Waals surface area contributed by atoms with E-state index in [9.17, 15) is 4.79 Å². The second-order valence-corrected chi connectivity index (χ2v) is 4.84. The minimum atomic E-state index is -0.0460. The normalized spacial score (nSPS) is 10.2. The lowest BCUT2D eigenvalue weighted by atomic mass is 10.5. The van der Waals surface area contributed by atoms with Crippen molar-refractivity contribution in [1.82, 2.24) is 15.0 Å². The highest BCUT2D eigenvalue weighted by molar-refractivity contribution is 14.1. The Balaban J connectivity index is 1.99. The molecular weight excluding hydrogens is 327 g/mol. The lowest BCUT2D eigenvalue weighted by Crippen LogP contribution is -2.05. The van der Waals surface area contributed by atoms with Gasteiger partial charge < -0.3 is 10.3 Å². The van der Waals surface area contributed by atoms with E-state index < -0.39 is 0 Å². The fourth-order valence-electron chi connectivity index (χ4n) is 0.978. The van der Waals surface area contributed by atoms with Crippen molar-refractivity contribution >= 4 is 39.9 Å². The first-order valence-corrected chi connectivity index (χ1v) is 6.08. The minimum Gasteiger partial charge on any atom is -0.349 e. The molecule has 78 valence electrons. The van der Waals surface area contributed by atoms with E-state index >= 15 is 0 Å². The van der Waals surface area contributed by atoms with E-state index in [1.54, 1.807) is 17.8 Å². The summed E-state index contributed by atoms with van der Waals surface area (Å²) in [5, 5.41) is 4.79. The highest BCUT2D eigenvalue weighted by atomic mass is 127. The summed E-state index contributed by atoms with van der Waals surface area (Å²) in [7, 11) is 0. The van der Waals surface area contributed by atoms with E-state index in [1.807, 2.05) is 0 Å². The van der Waals surface area contributed by atoms with Crippen molar-refractivity contribution in [2.75, 3.05) is 5.32 Å². The highest BCUT2D eigenvalue weighted by Crippen LogP contribution is 2.04. The van der Waals surface area contributed by atoms with Crippen molar-refractivity contribution in [1.29, 1.82) is 0 Å². The van der Waals surface area contributed by atoms with Gasteiger partial charge in [-0.05, 0) is 22.6 Å². The molecule has 0 atom stereocenters. The van der Waals surface area contributed by atoms with Gasteiger partial charge in [-0.25, -0.2) is 9.97 Å². The summed E-state index contributed by atoms with van der Waals surface area (Å²) < 4.78 is 0.988. The molecule has 0 aromatic carbocycles. The predicted molar refractivity (Wildman–Crippen MR) is 67.0 cm³/mol. The Morgan fingerprint density at radius 2 is 2.20 bits per heavy atom. The van der Waals surface area contributed by atoms with Gasteiger partial charge in [-0.1, -0.05) is 11.3 Å². The van der Waals surface area contributed by atoms with E-state index in [1.165, 1.54) is 0 Å². The fraction of sp³-hybridized carbons (Fsp3) is 0.125. The number of halogens is 1. The van der Waals surface area contributed by atoms with Crippen LogP contribution in [-0.2, 0) is 6.54 Å². The van der Waals surface area contributed by atoms with Crippen LogP contribution >= 0.6 is 33.9 Å². The highest BCUT2D eigenvalue weighted by Gasteiger charge is 1.98. The quantitative estimate of drug-likeness (QED) is 0.834. The van der Waals surface area contributed by atoms with Gasteiger partial charge in [0.15, 0.2) is 0 Å². The first-order valence-electron chi connectivity index (χ1n) is 4.12. The third kappa shape index (κ3) is 2.99. The Hall–Kier alpha value is -0.960. The SMILES string of the molecule is O=c1[nH]c(CNc2ncc(I)cn2)cs1. The molecule has 5 nitrogen and oxygen atoms in total. The van der Waals surface area contributed by atoms with Crippen molar-refractivity contribution in [3.8, 4) is 0 Å². The van der Waals surface area contributed by atoms with Gasteiger partial charge in [0.2, 0.25) is 5.95 Å². The number of aromatic amines is 1. The van der Waals surface area contributed by atoms with Gasteiger partial charge in [-0.15, -0.1) is 0 Å².